The lowest BCUT2D eigenvalue weighted by molar-refractivity contribution is -0.146. The molecular formula is C14H26O7. The topological polar surface area (TPSA) is 91.3 Å². The molecule has 0 fully saturated rings. The summed E-state index contributed by atoms with van der Waals surface area (Å²) in [5.41, 5.74) is 0. The average molecular weight is 306 g/mol. The van der Waals surface area contributed by atoms with E-state index in [2.05, 4.69) is 0 Å². The molecule has 0 unspecified atom stereocenters. The van der Waals surface area contributed by atoms with Crippen molar-refractivity contribution in [3.63, 3.8) is 0 Å². The second kappa shape index (κ2) is 15.2. The summed E-state index contributed by atoms with van der Waals surface area (Å²) in [5, 5.41) is 8.43. The molecule has 124 valence electrons. The molecule has 0 aliphatic carbocycles. The largest absolute Gasteiger partial charge is 0.481 e. The van der Waals surface area contributed by atoms with Crippen LogP contribution < -0.4 is 0 Å². The molecule has 0 saturated carbocycles. The van der Waals surface area contributed by atoms with Crippen molar-refractivity contribution in [2.45, 2.75) is 32.6 Å². The number of unbranched alkanes of at least 4 members (excludes halogenated alkanes) is 1. The molecule has 0 aromatic heterocycles. The minimum atomic E-state index is -0.847. The lowest BCUT2D eigenvalue weighted by Crippen LogP contribution is -2.14. The van der Waals surface area contributed by atoms with Crippen molar-refractivity contribution in [2.24, 2.45) is 0 Å². The predicted octanol–water partition coefficient (Wildman–Crippen LogP) is 1.24. The number of hydrogen-bond donors (Lipinski definition) is 1. The summed E-state index contributed by atoms with van der Waals surface area (Å²) in [5.74, 6) is -1.17. The highest BCUT2D eigenvalue weighted by atomic mass is 16.6. The number of carbonyl (C=O) groups excluding carboxylic acids is 1. The third kappa shape index (κ3) is 16.8. The predicted molar refractivity (Wildman–Crippen MR) is 75.2 cm³/mol. The van der Waals surface area contributed by atoms with Crippen molar-refractivity contribution < 1.29 is 33.6 Å². The van der Waals surface area contributed by atoms with Crippen LogP contribution >= 0.6 is 0 Å². The number of aliphatic carboxylic acids is 1. The zero-order valence-electron chi connectivity index (χ0n) is 12.7. The molecular weight excluding hydrogens is 280 g/mol. The van der Waals surface area contributed by atoms with Crippen LogP contribution in [0.1, 0.15) is 32.6 Å². The van der Waals surface area contributed by atoms with Gasteiger partial charge in [-0.3, -0.25) is 9.59 Å². The van der Waals surface area contributed by atoms with Gasteiger partial charge in [-0.1, -0.05) is 0 Å². The van der Waals surface area contributed by atoms with E-state index in [0.717, 1.165) is 0 Å². The van der Waals surface area contributed by atoms with Crippen LogP contribution in [0.5, 0.6) is 0 Å². The van der Waals surface area contributed by atoms with Gasteiger partial charge in [-0.25, -0.2) is 0 Å². The molecule has 0 radical (unpaired) electrons. The van der Waals surface area contributed by atoms with E-state index in [9.17, 15) is 9.59 Å². The minimum Gasteiger partial charge on any atom is -0.481 e. The summed E-state index contributed by atoms with van der Waals surface area (Å²) < 4.78 is 20.5. The van der Waals surface area contributed by atoms with Gasteiger partial charge in [0.25, 0.3) is 0 Å². The van der Waals surface area contributed by atoms with Crippen LogP contribution in [0.4, 0.5) is 0 Å². The second-order valence-corrected chi connectivity index (χ2v) is 4.24. The van der Waals surface area contributed by atoms with E-state index in [1.807, 2.05) is 6.92 Å². The van der Waals surface area contributed by atoms with Crippen LogP contribution in [0.15, 0.2) is 0 Å². The Morgan fingerprint density at radius 1 is 0.810 bits per heavy atom. The van der Waals surface area contributed by atoms with Crippen LogP contribution in [0.3, 0.4) is 0 Å². The third-order valence-corrected chi connectivity index (χ3v) is 2.46. The number of carbonyl (C=O) groups is 2. The molecule has 0 rings (SSSR count). The Labute approximate surface area is 125 Å². The summed E-state index contributed by atoms with van der Waals surface area (Å²) in [6, 6.07) is 0. The zero-order chi connectivity index (χ0) is 15.8. The highest BCUT2D eigenvalue weighted by Crippen LogP contribution is 2.01. The van der Waals surface area contributed by atoms with Gasteiger partial charge in [-0.2, -0.15) is 0 Å². The van der Waals surface area contributed by atoms with Crippen LogP contribution in [-0.2, 0) is 28.5 Å². The van der Waals surface area contributed by atoms with Crippen LogP contribution in [0.2, 0.25) is 0 Å². The van der Waals surface area contributed by atoms with Crippen molar-refractivity contribution in [1.29, 1.82) is 0 Å². The van der Waals surface area contributed by atoms with E-state index in [0.29, 0.717) is 52.5 Å². The number of hydrogen-bond acceptors (Lipinski definition) is 6. The van der Waals surface area contributed by atoms with Gasteiger partial charge in [0.05, 0.1) is 33.0 Å². The Morgan fingerprint density at radius 3 is 1.90 bits per heavy atom. The average Bonchev–Trinajstić information content (AvgIpc) is 2.45. The summed E-state index contributed by atoms with van der Waals surface area (Å²) >= 11 is 0. The Bertz CT molecular complexity index is 268. The first kappa shape index (κ1) is 19.8. The second-order valence-electron chi connectivity index (χ2n) is 4.24. The van der Waals surface area contributed by atoms with E-state index in [1.165, 1.54) is 0 Å². The Balaban J connectivity index is 3.16. The maximum atomic E-state index is 11.3. The standard InChI is InChI=1S/C14H26O7/c1-2-18-7-8-19-9-10-20-11-12-21-14(17)6-4-3-5-13(15)16/h2-12H2,1H3,(H,15,16). The van der Waals surface area contributed by atoms with Crippen molar-refractivity contribution in [3.8, 4) is 0 Å². The summed E-state index contributed by atoms with van der Waals surface area (Å²) in [6.45, 7) is 5.20. The Kier molecular flexibility index (Phi) is 14.4. The highest BCUT2D eigenvalue weighted by molar-refractivity contribution is 5.69. The van der Waals surface area contributed by atoms with E-state index in [-0.39, 0.29) is 25.4 Å². The van der Waals surface area contributed by atoms with E-state index in [1.54, 1.807) is 0 Å². The smallest absolute Gasteiger partial charge is 0.305 e. The normalized spacial score (nSPS) is 10.5. The molecule has 0 atom stereocenters. The molecule has 1 N–H and O–H groups in total. The fourth-order valence-electron chi connectivity index (χ4n) is 1.42. The third-order valence-electron chi connectivity index (χ3n) is 2.46. The number of ether oxygens (including phenoxy) is 4. The number of carboxylic acid groups (broad SMARTS) is 1. The van der Waals surface area contributed by atoms with Crippen molar-refractivity contribution in [3.05, 3.63) is 0 Å². The van der Waals surface area contributed by atoms with Gasteiger partial charge in [0.1, 0.15) is 6.61 Å². The highest BCUT2D eigenvalue weighted by Gasteiger charge is 2.03. The first-order valence-corrected chi connectivity index (χ1v) is 7.27. The molecule has 0 aliphatic rings. The lowest BCUT2D eigenvalue weighted by Gasteiger charge is -2.07. The van der Waals surface area contributed by atoms with Gasteiger partial charge in [0.2, 0.25) is 0 Å². The molecule has 0 heterocycles. The van der Waals surface area contributed by atoms with Gasteiger partial charge >= 0.3 is 11.9 Å². The Hall–Kier alpha value is -1.18. The van der Waals surface area contributed by atoms with Crippen LogP contribution in [0.25, 0.3) is 0 Å². The SMILES string of the molecule is CCOCCOCCOCCOC(=O)CCCCC(=O)O. The van der Waals surface area contributed by atoms with Crippen LogP contribution in [-0.4, -0.2) is 63.3 Å². The van der Waals surface area contributed by atoms with Gasteiger partial charge in [-0.15, -0.1) is 0 Å². The minimum absolute atomic E-state index is 0.0830. The summed E-state index contributed by atoms with van der Waals surface area (Å²) in [4.78, 5) is 21.5. The van der Waals surface area contributed by atoms with Gasteiger partial charge < -0.3 is 24.1 Å². The quantitative estimate of drug-likeness (QED) is 0.359. The lowest BCUT2D eigenvalue weighted by atomic mass is 10.2. The fourth-order valence-corrected chi connectivity index (χ4v) is 1.42. The molecule has 7 heteroatoms. The molecule has 0 bridgehead atoms. The van der Waals surface area contributed by atoms with Crippen molar-refractivity contribution >= 4 is 11.9 Å². The van der Waals surface area contributed by atoms with E-state index >= 15 is 0 Å². The monoisotopic (exact) mass is 306 g/mol. The fraction of sp³-hybridized carbons (Fsp3) is 0.857. The van der Waals surface area contributed by atoms with Crippen molar-refractivity contribution in [1.82, 2.24) is 0 Å². The number of rotatable bonds is 15. The van der Waals surface area contributed by atoms with E-state index < -0.39 is 5.97 Å². The number of carboxylic acids is 1. The zero-order valence-corrected chi connectivity index (χ0v) is 12.7. The van der Waals surface area contributed by atoms with Gasteiger partial charge in [0, 0.05) is 19.4 Å². The molecule has 0 aromatic rings. The maximum Gasteiger partial charge on any atom is 0.305 e. The first-order chi connectivity index (χ1) is 10.2. The van der Waals surface area contributed by atoms with E-state index in [4.69, 9.17) is 24.1 Å². The summed E-state index contributed by atoms with van der Waals surface area (Å²) in [7, 11) is 0. The molecule has 0 saturated heterocycles. The molecule has 0 aromatic carbocycles. The number of esters is 1. The molecule has 0 amide bonds. The molecule has 21 heavy (non-hydrogen) atoms. The van der Waals surface area contributed by atoms with Gasteiger partial charge in [-0.05, 0) is 19.8 Å². The summed E-state index contributed by atoms with van der Waals surface area (Å²) in [6.07, 6.45) is 1.34. The van der Waals surface area contributed by atoms with Crippen LogP contribution in [0, 0.1) is 0 Å². The molecule has 0 spiro atoms. The molecule has 0 aliphatic heterocycles. The first-order valence-electron chi connectivity index (χ1n) is 7.27. The Morgan fingerprint density at radius 2 is 1.33 bits per heavy atom. The maximum absolute atomic E-state index is 11.3. The molecule has 7 nitrogen and oxygen atoms in total. The van der Waals surface area contributed by atoms with Crippen molar-refractivity contribution in [2.75, 3.05) is 46.2 Å². The van der Waals surface area contributed by atoms with Gasteiger partial charge in [0.15, 0.2) is 0 Å².